The summed E-state index contributed by atoms with van der Waals surface area (Å²) in [4.78, 5) is 2.17. The lowest BCUT2D eigenvalue weighted by atomic mass is 10.0. The van der Waals surface area contributed by atoms with Gasteiger partial charge in [0, 0.05) is 19.6 Å². The van der Waals surface area contributed by atoms with Crippen LogP contribution in [0.15, 0.2) is 29.2 Å². The molecule has 1 aliphatic rings. The third-order valence-corrected chi connectivity index (χ3v) is 5.43. The second kappa shape index (κ2) is 5.44. The molecule has 5 nitrogen and oxygen atoms in total. The van der Waals surface area contributed by atoms with Crippen LogP contribution in [0.3, 0.4) is 0 Å². The molecule has 0 aromatic heterocycles. The average Bonchev–Trinajstić information content (AvgIpc) is 2.71. The van der Waals surface area contributed by atoms with E-state index in [2.05, 4.69) is 0 Å². The number of hydrogen-bond donors (Lipinski definition) is 1. The second-order valence-electron chi connectivity index (χ2n) is 5.86. The number of benzene rings is 1. The molecule has 0 bridgehead atoms. The number of sulfonamides is 1. The first-order valence-corrected chi connectivity index (χ1v) is 8.11. The van der Waals surface area contributed by atoms with Gasteiger partial charge >= 0.3 is 0 Å². The van der Waals surface area contributed by atoms with Crippen LogP contribution in [0.5, 0.6) is 0 Å². The lowest BCUT2D eigenvalue weighted by Gasteiger charge is -2.26. The van der Waals surface area contributed by atoms with Crippen molar-refractivity contribution in [2.45, 2.75) is 23.8 Å². The minimum absolute atomic E-state index is 0.154. The Bertz CT molecular complexity index is 569. The third kappa shape index (κ3) is 3.20. The van der Waals surface area contributed by atoms with Gasteiger partial charge in [-0.05, 0) is 39.6 Å². The highest BCUT2D eigenvalue weighted by molar-refractivity contribution is 7.89. The largest absolute Gasteiger partial charge is 0.387 e. The van der Waals surface area contributed by atoms with E-state index in [1.807, 2.05) is 25.9 Å². The Hall–Kier alpha value is -0.950. The summed E-state index contributed by atoms with van der Waals surface area (Å²) in [5, 5.41) is 10.4. The molecule has 1 aromatic rings. The summed E-state index contributed by atoms with van der Waals surface area (Å²) in [6, 6.07) is 6.81. The Morgan fingerprint density at radius 2 is 1.90 bits per heavy atom. The van der Waals surface area contributed by atoms with E-state index in [4.69, 9.17) is 0 Å². The van der Waals surface area contributed by atoms with Gasteiger partial charge in [0.15, 0.2) is 0 Å². The average molecular weight is 298 g/mol. The van der Waals surface area contributed by atoms with Crippen LogP contribution in [0.2, 0.25) is 0 Å². The van der Waals surface area contributed by atoms with Gasteiger partial charge in [-0.25, -0.2) is 8.42 Å². The van der Waals surface area contributed by atoms with Crippen molar-refractivity contribution in [2.75, 3.05) is 33.7 Å². The molecule has 1 aliphatic heterocycles. The van der Waals surface area contributed by atoms with Gasteiger partial charge in [0.25, 0.3) is 0 Å². The molecule has 0 aliphatic carbocycles. The summed E-state index contributed by atoms with van der Waals surface area (Å²) in [6.07, 6.45) is 0.469. The van der Waals surface area contributed by atoms with Gasteiger partial charge < -0.3 is 10.0 Å². The standard InChI is InChI=1S/C14H22N2O3S/c1-12-4-6-13(7-5-12)20(18,19)16-9-8-14(17,11-16)10-15(2)3/h4-7,17H,8-11H2,1-3H3/t14-/m1/s1. The molecule has 1 aromatic carbocycles. The van der Waals surface area contributed by atoms with Crippen molar-refractivity contribution in [1.82, 2.24) is 9.21 Å². The smallest absolute Gasteiger partial charge is 0.243 e. The summed E-state index contributed by atoms with van der Waals surface area (Å²) >= 11 is 0. The van der Waals surface area contributed by atoms with Crippen LogP contribution >= 0.6 is 0 Å². The highest BCUT2D eigenvalue weighted by Gasteiger charge is 2.41. The predicted octanol–water partition coefficient (Wildman–Crippen LogP) is 0.682. The maximum absolute atomic E-state index is 12.5. The topological polar surface area (TPSA) is 60.9 Å². The molecule has 6 heteroatoms. The van der Waals surface area contributed by atoms with Gasteiger partial charge in [-0.2, -0.15) is 4.31 Å². The van der Waals surface area contributed by atoms with E-state index in [9.17, 15) is 13.5 Å². The highest BCUT2D eigenvalue weighted by atomic mass is 32.2. The van der Waals surface area contributed by atoms with E-state index in [0.717, 1.165) is 5.56 Å². The van der Waals surface area contributed by atoms with Crippen LogP contribution in [0.4, 0.5) is 0 Å². The number of β-amino-alcohol motifs (C(OH)–C–C–N with tert-alkyl or cyclic N) is 1. The van der Waals surface area contributed by atoms with Crippen molar-refractivity contribution >= 4 is 10.0 Å². The SMILES string of the molecule is Cc1ccc(S(=O)(=O)N2CC[C@@](O)(CN(C)C)C2)cc1. The summed E-state index contributed by atoms with van der Waals surface area (Å²) in [5.41, 5.74) is 0.0656. The van der Waals surface area contributed by atoms with Gasteiger partial charge in [-0.15, -0.1) is 0 Å². The molecule has 0 radical (unpaired) electrons. The monoisotopic (exact) mass is 298 g/mol. The van der Waals surface area contributed by atoms with E-state index in [1.54, 1.807) is 24.3 Å². The van der Waals surface area contributed by atoms with Gasteiger partial charge in [0.2, 0.25) is 10.0 Å². The van der Waals surface area contributed by atoms with Gasteiger partial charge in [-0.3, -0.25) is 0 Å². The summed E-state index contributed by atoms with van der Waals surface area (Å²) in [6.45, 7) is 2.90. The Balaban J connectivity index is 2.18. The van der Waals surface area contributed by atoms with Crippen molar-refractivity contribution in [2.24, 2.45) is 0 Å². The molecule has 0 amide bonds. The number of aryl methyl sites for hydroxylation is 1. The number of nitrogens with zero attached hydrogens (tertiary/aromatic N) is 2. The molecular formula is C14H22N2O3S. The fraction of sp³-hybridized carbons (Fsp3) is 0.571. The first-order chi connectivity index (χ1) is 9.23. The second-order valence-corrected chi connectivity index (χ2v) is 7.80. The molecule has 0 saturated carbocycles. The van der Waals surface area contributed by atoms with Crippen LogP contribution in [0.25, 0.3) is 0 Å². The number of rotatable bonds is 4. The first-order valence-electron chi connectivity index (χ1n) is 6.67. The van der Waals surface area contributed by atoms with Crippen molar-refractivity contribution in [1.29, 1.82) is 0 Å². The minimum atomic E-state index is -3.51. The first kappa shape index (κ1) is 15.4. The van der Waals surface area contributed by atoms with Gasteiger partial charge in [0.1, 0.15) is 0 Å². The highest BCUT2D eigenvalue weighted by Crippen LogP contribution is 2.27. The van der Waals surface area contributed by atoms with Crippen LogP contribution < -0.4 is 0 Å². The molecule has 1 fully saturated rings. The number of hydrogen-bond acceptors (Lipinski definition) is 4. The van der Waals surface area contributed by atoms with E-state index in [0.29, 0.717) is 19.5 Å². The fourth-order valence-corrected chi connectivity index (χ4v) is 4.12. The lowest BCUT2D eigenvalue weighted by molar-refractivity contribution is 0.0302. The zero-order valence-electron chi connectivity index (χ0n) is 12.2. The van der Waals surface area contributed by atoms with Crippen molar-refractivity contribution in [3.63, 3.8) is 0 Å². The molecule has 1 heterocycles. The fourth-order valence-electron chi connectivity index (χ4n) is 2.60. The third-order valence-electron chi connectivity index (χ3n) is 3.57. The van der Waals surface area contributed by atoms with Crippen LogP contribution in [-0.2, 0) is 10.0 Å². The maximum atomic E-state index is 12.5. The van der Waals surface area contributed by atoms with Crippen molar-refractivity contribution in [3.05, 3.63) is 29.8 Å². The Labute approximate surface area is 120 Å². The molecule has 0 unspecified atom stereocenters. The molecule has 1 atom stereocenters. The quantitative estimate of drug-likeness (QED) is 0.888. The zero-order chi connectivity index (χ0) is 15.0. The molecule has 20 heavy (non-hydrogen) atoms. The van der Waals surface area contributed by atoms with E-state index < -0.39 is 15.6 Å². The minimum Gasteiger partial charge on any atom is -0.387 e. The molecule has 1 N–H and O–H groups in total. The molecule has 0 spiro atoms. The Kier molecular flexibility index (Phi) is 4.20. The lowest BCUT2D eigenvalue weighted by Crippen LogP contribution is -2.43. The number of aliphatic hydroxyl groups is 1. The van der Waals surface area contributed by atoms with Crippen molar-refractivity contribution < 1.29 is 13.5 Å². The van der Waals surface area contributed by atoms with Crippen LogP contribution in [0, 0.1) is 6.92 Å². The zero-order valence-corrected chi connectivity index (χ0v) is 13.0. The Morgan fingerprint density at radius 1 is 1.30 bits per heavy atom. The summed E-state index contributed by atoms with van der Waals surface area (Å²) in [7, 11) is 0.233. The van der Waals surface area contributed by atoms with E-state index >= 15 is 0 Å². The summed E-state index contributed by atoms with van der Waals surface area (Å²) < 4.78 is 26.4. The molecule has 2 rings (SSSR count). The molecular weight excluding hydrogens is 276 g/mol. The molecule has 1 saturated heterocycles. The van der Waals surface area contributed by atoms with Crippen LogP contribution in [-0.4, -0.2) is 62.1 Å². The van der Waals surface area contributed by atoms with Crippen molar-refractivity contribution in [3.8, 4) is 0 Å². The number of likely N-dealkylation sites (N-methyl/N-ethyl adjacent to an activating group) is 1. The van der Waals surface area contributed by atoms with Gasteiger partial charge in [-0.1, -0.05) is 17.7 Å². The molecule has 112 valence electrons. The van der Waals surface area contributed by atoms with Crippen LogP contribution in [0.1, 0.15) is 12.0 Å². The van der Waals surface area contributed by atoms with E-state index in [1.165, 1.54) is 4.31 Å². The normalized spacial score (nSPS) is 24.4. The summed E-state index contributed by atoms with van der Waals surface area (Å²) in [5.74, 6) is 0. The van der Waals surface area contributed by atoms with Gasteiger partial charge in [0.05, 0.1) is 10.5 Å². The Morgan fingerprint density at radius 3 is 2.45 bits per heavy atom. The maximum Gasteiger partial charge on any atom is 0.243 e. The predicted molar refractivity (Wildman–Crippen MR) is 78.1 cm³/mol. The van der Waals surface area contributed by atoms with E-state index in [-0.39, 0.29) is 11.4 Å².